The third kappa shape index (κ3) is 2.47. The lowest BCUT2D eigenvalue weighted by molar-refractivity contribution is 0.593. The zero-order valence-electron chi connectivity index (χ0n) is 10.8. The van der Waals surface area contributed by atoms with Gasteiger partial charge in [-0.05, 0) is 41.0 Å². The third-order valence-corrected chi connectivity index (χ3v) is 3.06. The largest absolute Gasteiger partial charge is 0.330 e. The van der Waals surface area contributed by atoms with E-state index in [9.17, 15) is 0 Å². The van der Waals surface area contributed by atoms with Crippen LogP contribution in [0.4, 0.5) is 0 Å². The van der Waals surface area contributed by atoms with Gasteiger partial charge >= 0.3 is 0 Å². The highest BCUT2D eigenvalue weighted by Gasteiger charge is 2.16. The fraction of sp³-hybridized carbons (Fsp3) is 0.400. The monoisotopic (exact) mass is 228 g/mol. The highest BCUT2D eigenvalue weighted by atomic mass is 14.6. The maximum absolute atomic E-state index is 5.59. The van der Waals surface area contributed by atoms with Gasteiger partial charge in [0.15, 0.2) is 0 Å². The normalized spacial score (nSPS) is 12.0. The van der Waals surface area contributed by atoms with Crippen molar-refractivity contribution in [2.45, 2.75) is 32.6 Å². The van der Waals surface area contributed by atoms with Crippen molar-refractivity contribution in [3.63, 3.8) is 0 Å². The van der Waals surface area contributed by atoms with Crippen LogP contribution in [0.1, 0.15) is 31.9 Å². The van der Waals surface area contributed by atoms with E-state index in [4.69, 9.17) is 5.73 Å². The Bertz CT molecular complexity index is 524. The molecule has 0 saturated heterocycles. The maximum Gasteiger partial charge on any atom is 0.0346 e. The Labute approximate surface area is 103 Å². The number of benzene rings is 1. The lowest BCUT2D eigenvalue weighted by Crippen LogP contribution is -2.12. The van der Waals surface area contributed by atoms with Crippen molar-refractivity contribution in [2.24, 2.45) is 5.73 Å². The number of nitrogens with zero attached hydrogens (tertiary/aromatic N) is 1. The number of rotatable bonds is 2. The Morgan fingerprint density at radius 3 is 2.59 bits per heavy atom. The quantitative estimate of drug-likeness (QED) is 0.858. The minimum absolute atomic E-state index is 0.127. The molecule has 1 heterocycles. The summed E-state index contributed by atoms with van der Waals surface area (Å²) in [6, 6.07) is 6.57. The molecule has 0 radical (unpaired) electrons. The molecule has 17 heavy (non-hydrogen) atoms. The Morgan fingerprint density at radius 1 is 1.18 bits per heavy atom. The van der Waals surface area contributed by atoms with Gasteiger partial charge in [0.25, 0.3) is 0 Å². The summed E-state index contributed by atoms with van der Waals surface area (Å²) in [5, 5.41) is 2.51. The molecule has 1 aromatic heterocycles. The molecule has 2 rings (SSSR count). The van der Waals surface area contributed by atoms with Gasteiger partial charge in [0.2, 0.25) is 0 Å². The second-order valence-corrected chi connectivity index (χ2v) is 5.53. The van der Waals surface area contributed by atoms with Crippen LogP contribution in [0.5, 0.6) is 0 Å². The SMILES string of the molecule is CC(C)(C)c1cncc2cc(CCN)ccc12. The molecule has 0 aliphatic rings. The van der Waals surface area contributed by atoms with Crippen LogP contribution in [0.2, 0.25) is 0 Å². The first kappa shape index (κ1) is 12.1. The standard InChI is InChI=1S/C15H20N2/c1-15(2,3)14-10-17-9-12-8-11(6-7-16)4-5-13(12)14/h4-5,8-10H,6-7,16H2,1-3H3. The minimum Gasteiger partial charge on any atom is -0.330 e. The molecular weight excluding hydrogens is 208 g/mol. The van der Waals surface area contributed by atoms with E-state index in [1.807, 2.05) is 12.4 Å². The van der Waals surface area contributed by atoms with E-state index < -0.39 is 0 Å². The Balaban J connectivity index is 2.59. The molecule has 0 amide bonds. The first-order valence-electron chi connectivity index (χ1n) is 6.09. The molecule has 90 valence electrons. The average molecular weight is 228 g/mol. The summed E-state index contributed by atoms with van der Waals surface area (Å²) in [5.74, 6) is 0. The molecule has 0 aliphatic carbocycles. The average Bonchev–Trinajstić information content (AvgIpc) is 2.27. The van der Waals surface area contributed by atoms with Gasteiger partial charge in [-0.3, -0.25) is 4.98 Å². The molecule has 0 spiro atoms. The molecule has 0 bridgehead atoms. The van der Waals surface area contributed by atoms with Crippen LogP contribution in [0.15, 0.2) is 30.6 Å². The second kappa shape index (κ2) is 4.46. The summed E-state index contributed by atoms with van der Waals surface area (Å²) in [6.07, 6.45) is 4.84. The predicted octanol–water partition coefficient (Wildman–Crippen LogP) is 3.03. The Kier molecular flexibility index (Phi) is 3.16. The number of hydrogen-bond acceptors (Lipinski definition) is 2. The number of fused-ring (bicyclic) bond motifs is 1. The summed E-state index contributed by atoms with van der Waals surface area (Å²) in [6.45, 7) is 7.35. The van der Waals surface area contributed by atoms with Crippen molar-refractivity contribution < 1.29 is 0 Å². The molecule has 0 unspecified atom stereocenters. The molecule has 0 fully saturated rings. The van der Waals surface area contributed by atoms with Crippen LogP contribution in [0.25, 0.3) is 10.8 Å². The molecule has 1 aromatic carbocycles. The van der Waals surface area contributed by atoms with Crippen molar-refractivity contribution in [3.8, 4) is 0 Å². The van der Waals surface area contributed by atoms with Crippen LogP contribution in [0, 0.1) is 0 Å². The number of pyridine rings is 1. The van der Waals surface area contributed by atoms with E-state index in [1.165, 1.54) is 21.9 Å². The highest BCUT2D eigenvalue weighted by molar-refractivity contribution is 5.86. The first-order chi connectivity index (χ1) is 8.02. The number of hydrogen-bond donors (Lipinski definition) is 1. The zero-order valence-corrected chi connectivity index (χ0v) is 10.8. The van der Waals surface area contributed by atoms with E-state index in [2.05, 4.69) is 44.0 Å². The summed E-state index contributed by atoms with van der Waals surface area (Å²) in [5.41, 5.74) is 8.30. The van der Waals surface area contributed by atoms with E-state index in [0.717, 1.165) is 6.42 Å². The fourth-order valence-electron chi connectivity index (χ4n) is 2.15. The predicted molar refractivity (Wildman–Crippen MR) is 73.2 cm³/mol. The number of aromatic nitrogens is 1. The molecule has 0 saturated carbocycles. The fourth-order valence-corrected chi connectivity index (χ4v) is 2.15. The molecule has 0 aliphatic heterocycles. The van der Waals surface area contributed by atoms with Gasteiger partial charge < -0.3 is 5.73 Å². The first-order valence-corrected chi connectivity index (χ1v) is 6.09. The minimum atomic E-state index is 0.127. The van der Waals surface area contributed by atoms with Crippen molar-refractivity contribution in [2.75, 3.05) is 6.54 Å². The smallest absolute Gasteiger partial charge is 0.0346 e. The lowest BCUT2D eigenvalue weighted by atomic mass is 9.85. The summed E-state index contributed by atoms with van der Waals surface area (Å²) in [4.78, 5) is 4.35. The van der Waals surface area contributed by atoms with Gasteiger partial charge in [0.05, 0.1) is 0 Å². The Morgan fingerprint density at radius 2 is 1.94 bits per heavy atom. The van der Waals surface area contributed by atoms with E-state index in [0.29, 0.717) is 6.54 Å². The van der Waals surface area contributed by atoms with Crippen LogP contribution in [-0.4, -0.2) is 11.5 Å². The van der Waals surface area contributed by atoms with E-state index in [-0.39, 0.29) is 5.41 Å². The number of nitrogens with two attached hydrogens (primary N) is 1. The molecule has 2 N–H and O–H groups in total. The second-order valence-electron chi connectivity index (χ2n) is 5.53. The van der Waals surface area contributed by atoms with Crippen molar-refractivity contribution in [1.82, 2.24) is 4.98 Å². The summed E-state index contributed by atoms with van der Waals surface area (Å²) in [7, 11) is 0. The van der Waals surface area contributed by atoms with Crippen LogP contribution in [0.3, 0.4) is 0 Å². The topological polar surface area (TPSA) is 38.9 Å². The molecular formula is C15H20N2. The Hall–Kier alpha value is -1.41. The van der Waals surface area contributed by atoms with E-state index in [1.54, 1.807) is 0 Å². The van der Waals surface area contributed by atoms with E-state index >= 15 is 0 Å². The maximum atomic E-state index is 5.59. The molecule has 2 heteroatoms. The van der Waals surface area contributed by atoms with Gasteiger partial charge in [-0.1, -0.05) is 32.9 Å². The van der Waals surface area contributed by atoms with Gasteiger partial charge in [0.1, 0.15) is 0 Å². The van der Waals surface area contributed by atoms with Crippen molar-refractivity contribution in [3.05, 3.63) is 41.7 Å². The van der Waals surface area contributed by atoms with Crippen LogP contribution < -0.4 is 5.73 Å². The van der Waals surface area contributed by atoms with Gasteiger partial charge in [-0.25, -0.2) is 0 Å². The summed E-state index contributed by atoms with van der Waals surface area (Å²) < 4.78 is 0. The van der Waals surface area contributed by atoms with Crippen LogP contribution in [-0.2, 0) is 11.8 Å². The molecule has 2 aromatic rings. The van der Waals surface area contributed by atoms with Crippen molar-refractivity contribution >= 4 is 10.8 Å². The lowest BCUT2D eigenvalue weighted by Gasteiger charge is -2.20. The van der Waals surface area contributed by atoms with Crippen molar-refractivity contribution in [1.29, 1.82) is 0 Å². The highest BCUT2D eigenvalue weighted by Crippen LogP contribution is 2.29. The third-order valence-electron chi connectivity index (χ3n) is 3.06. The molecule has 2 nitrogen and oxygen atoms in total. The molecule has 0 atom stereocenters. The van der Waals surface area contributed by atoms with Gasteiger partial charge in [-0.15, -0.1) is 0 Å². The van der Waals surface area contributed by atoms with Crippen LogP contribution >= 0.6 is 0 Å². The van der Waals surface area contributed by atoms with Gasteiger partial charge in [-0.2, -0.15) is 0 Å². The van der Waals surface area contributed by atoms with Gasteiger partial charge in [0, 0.05) is 17.8 Å². The summed E-state index contributed by atoms with van der Waals surface area (Å²) >= 11 is 0. The zero-order chi connectivity index (χ0) is 12.5.